The van der Waals surface area contributed by atoms with Gasteiger partial charge in [0.15, 0.2) is 0 Å². The minimum atomic E-state index is -0.157. The molecule has 0 bridgehead atoms. The van der Waals surface area contributed by atoms with Crippen molar-refractivity contribution < 1.29 is 4.74 Å². The van der Waals surface area contributed by atoms with Crippen LogP contribution < -0.4 is 4.74 Å². The summed E-state index contributed by atoms with van der Waals surface area (Å²) in [6.45, 7) is 6.17. The van der Waals surface area contributed by atoms with E-state index in [-0.39, 0.29) is 5.60 Å². The molecule has 0 atom stereocenters. The van der Waals surface area contributed by atoms with Gasteiger partial charge in [-0.1, -0.05) is 42.5 Å². The van der Waals surface area contributed by atoms with Gasteiger partial charge in [0.1, 0.15) is 11.4 Å². The first-order valence-corrected chi connectivity index (χ1v) is 5.89. The van der Waals surface area contributed by atoms with Gasteiger partial charge in [-0.05, 0) is 44.0 Å². The minimum absolute atomic E-state index is 0.157. The molecule has 2 aromatic carbocycles. The van der Waals surface area contributed by atoms with Gasteiger partial charge in [0.05, 0.1) is 0 Å². The van der Waals surface area contributed by atoms with Crippen molar-refractivity contribution in [2.75, 3.05) is 0 Å². The molecule has 0 amide bonds. The van der Waals surface area contributed by atoms with E-state index in [0.717, 1.165) is 5.75 Å². The van der Waals surface area contributed by atoms with Crippen molar-refractivity contribution in [3.05, 3.63) is 54.6 Å². The summed E-state index contributed by atoms with van der Waals surface area (Å²) >= 11 is 0. The van der Waals surface area contributed by atoms with Crippen molar-refractivity contribution in [2.24, 2.45) is 0 Å². The van der Waals surface area contributed by atoms with Crippen LogP contribution in [-0.4, -0.2) is 5.60 Å². The lowest BCUT2D eigenvalue weighted by molar-refractivity contribution is 0.131. The van der Waals surface area contributed by atoms with Gasteiger partial charge in [-0.3, -0.25) is 0 Å². The molecule has 0 radical (unpaired) electrons. The minimum Gasteiger partial charge on any atom is -0.488 e. The molecule has 1 nitrogen and oxygen atoms in total. The average molecular weight is 226 g/mol. The van der Waals surface area contributed by atoms with Crippen LogP contribution in [0.4, 0.5) is 0 Å². The van der Waals surface area contributed by atoms with Crippen LogP contribution >= 0.6 is 0 Å². The second kappa shape index (κ2) is 4.62. The first kappa shape index (κ1) is 11.7. The molecule has 0 aromatic heterocycles. The van der Waals surface area contributed by atoms with Crippen molar-refractivity contribution in [3.8, 4) is 16.9 Å². The third-order valence-corrected chi connectivity index (χ3v) is 2.37. The standard InChI is InChI=1S/C16H18O/c1-16(2,3)17-15-11-7-10-14(12-15)13-8-5-4-6-9-13/h4-12H,1-3H3. The lowest BCUT2D eigenvalue weighted by atomic mass is 10.1. The van der Waals surface area contributed by atoms with E-state index < -0.39 is 0 Å². The first-order valence-electron chi connectivity index (χ1n) is 5.89. The zero-order chi connectivity index (χ0) is 12.3. The Kier molecular flexibility index (Phi) is 3.19. The van der Waals surface area contributed by atoms with E-state index in [9.17, 15) is 0 Å². The molecule has 0 saturated heterocycles. The summed E-state index contributed by atoms with van der Waals surface area (Å²) in [5.41, 5.74) is 2.24. The maximum absolute atomic E-state index is 5.86. The molecule has 0 spiro atoms. The monoisotopic (exact) mass is 226 g/mol. The van der Waals surface area contributed by atoms with Crippen molar-refractivity contribution in [1.82, 2.24) is 0 Å². The van der Waals surface area contributed by atoms with Crippen LogP contribution in [0.1, 0.15) is 20.8 Å². The molecular formula is C16H18O. The van der Waals surface area contributed by atoms with Crippen molar-refractivity contribution in [1.29, 1.82) is 0 Å². The third kappa shape index (κ3) is 3.35. The summed E-state index contributed by atoms with van der Waals surface area (Å²) in [7, 11) is 0. The fourth-order valence-corrected chi connectivity index (χ4v) is 1.72. The topological polar surface area (TPSA) is 9.23 Å². The van der Waals surface area contributed by atoms with Gasteiger partial charge in [-0.25, -0.2) is 0 Å². The average Bonchev–Trinajstić information content (AvgIpc) is 2.28. The number of rotatable bonds is 2. The lowest BCUT2D eigenvalue weighted by Gasteiger charge is -2.21. The van der Waals surface area contributed by atoms with Crippen molar-refractivity contribution in [3.63, 3.8) is 0 Å². The van der Waals surface area contributed by atoms with Gasteiger partial charge in [-0.15, -0.1) is 0 Å². The molecule has 0 aliphatic rings. The van der Waals surface area contributed by atoms with E-state index in [4.69, 9.17) is 4.74 Å². The highest BCUT2D eigenvalue weighted by atomic mass is 16.5. The van der Waals surface area contributed by atoms with E-state index in [1.165, 1.54) is 11.1 Å². The van der Waals surface area contributed by atoms with Crippen LogP contribution in [0.15, 0.2) is 54.6 Å². The summed E-state index contributed by atoms with van der Waals surface area (Å²) in [6.07, 6.45) is 0. The quantitative estimate of drug-likeness (QED) is 0.731. The Morgan fingerprint density at radius 3 is 2.06 bits per heavy atom. The fourth-order valence-electron chi connectivity index (χ4n) is 1.72. The molecule has 0 unspecified atom stereocenters. The molecule has 0 heterocycles. The van der Waals surface area contributed by atoms with Crippen molar-refractivity contribution >= 4 is 0 Å². The number of benzene rings is 2. The Balaban J connectivity index is 2.29. The zero-order valence-electron chi connectivity index (χ0n) is 10.6. The highest BCUT2D eigenvalue weighted by Crippen LogP contribution is 2.25. The van der Waals surface area contributed by atoms with Gasteiger partial charge >= 0.3 is 0 Å². The fraction of sp³-hybridized carbons (Fsp3) is 0.250. The maximum atomic E-state index is 5.86. The molecule has 2 aromatic rings. The summed E-state index contributed by atoms with van der Waals surface area (Å²) in [5.74, 6) is 0.916. The predicted octanol–water partition coefficient (Wildman–Crippen LogP) is 4.53. The molecule has 0 saturated carbocycles. The smallest absolute Gasteiger partial charge is 0.120 e. The highest BCUT2D eigenvalue weighted by Gasteiger charge is 2.11. The van der Waals surface area contributed by atoms with E-state index in [2.05, 4.69) is 45.0 Å². The van der Waals surface area contributed by atoms with Gasteiger partial charge in [0.25, 0.3) is 0 Å². The molecular weight excluding hydrogens is 208 g/mol. The number of hydrogen-bond donors (Lipinski definition) is 0. The van der Waals surface area contributed by atoms with Gasteiger partial charge < -0.3 is 4.74 Å². The van der Waals surface area contributed by atoms with Crippen molar-refractivity contribution in [2.45, 2.75) is 26.4 Å². The molecule has 0 fully saturated rings. The van der Waals surface area contributed by atoms with Crippen LogP contribution in [0.25, 0.3) is 11.1 Å². The summed E-state index contributed by atoms with van der Waals surface area (Å²) in [4.78, 5) is 0. The Morgan fingerprint density at radius 2 is 1.41 bits per heavy atom. The molecule has 0 N–H and O–H groups in total. The van der Waals surface area contributed by atoms with E-state index >= 15 is 0 Å². The normalized spacial score (nSPS) is 11.2. The largest absolute Gasteiger partial charge is 0.488 e. The van der Waals surface area contributed by atoms with Crippen LogP contribution in [0, 0.1) is 0 Å². The summed E-state index contributed by atoms with van der Waals surface area (Å²) in [5, 5.41) is 0. The second-order valence-electron chi connectivity index (χ2n) is 5.11. The summed E-state index contributed by atoms with van der Waals surface area (Å²) in [6, 6.07) is 18.6. The van der Waals surface area contributed by atoms with Gasteiger partial charge in [0.2, 0.25) is 0 Å². The summed E-state index contributed by atoms with van der Waals surface area (Å²) < 4.78 is 5.86. The Labute approximate surface area is 103 Å². The number of ether oxygens (including phenoxy) is 1. The molecule has 0 aliphatic carbocycles. The lowest BCUT2D eigenvalue weighted by Crippen LogP contribution is -2.22. The molecule has 0 aliphatic heterocycles. The zero-order valence-corrected chi connectivity index (χ0v) is 10.6. The van der Waals surface area contributed by atoms with Gasteiger partial charge in [0, 0.05) is 0 Å². The Hall–Kier alpha value is -1.76. The maximum Gasteiger partial charge on any atom is 0.120 e. The van der Waals surface area contributed by atoms with Gasteiger partial charge in [-0.2, -0.15) is 0 Å². The predicted molar refractivity (Wildman–Crippen MR) is 72.3 cm³/mol. The second-order valence-corrected chi connectivity index (χ2v) is 5.11. The van der Waals surface area contributed by atoms with E-state index in [1.54, 1.807) is 0 Å². The Morgan fingerprint density at radius 1 is 0.765 bits per heavy atom. The van der Waals surface area contributed by atoms with E-state index in [1.807, 2.05) is 30.3 Å². The van der Waals surface area contributed by atoms with Crippen LogP contribution in [-0.2, 0) is 0 Å². The molecule has 17 heavy (non-hydrogen) atoms. The van der Waals surface area contributed by atoms with Crippen LogP contribution in [0.2, 0.25) is 0 Å². The highest BCUT2D eigenvalue weighted by molar-refractivity contribution is 5.64. The van der Waals surface area contributed by atoms with Crippen LogP contribution in [0.3, 0.4) is 0 Å². The SMILES string of the molecule is CC(C)(C)Oc1cccc(-c2ccccc2)c1. The molecule has 1 heteroatoms. The molecule has 2 rings (SSSR count). The molecule has 88 valence electrons. The third-order valence-electron chi connectivity index (χ3n) is 2.37. The first-order chi connectivity index (χ1) is 8.04. The van der Waals surface area contributed by atoms with E-state index in [0.29, 0.717) is 0 Å². The number of hydrogen-bond acceptors (Lipinski definition) is 1. The van der Waals surface area contributed by atoms with Crippen LogP contribution in [0.5, 0.6) is 5.75 Å². The Bertz CT molecular complexity index is 480.